The van der Waals surface area contributed by atoms with Crippen molar-refractivity contribution in [3.05, 3.63) is 0 Å². The van der Waals surface area contributed by atoms with Gasteiger partial charge >= 0.3 is 0 Å². The number of likely N-dealkylation sites (tertiary alicyclic amines) is 2. The van der Waals surface area contributed by atoms with E-state index in [1.54, 1.807) is 0 Å². The molecule has 25 heavy (non-hydrogen) atoms. The summed E-state index contributed by atoms with van der Waals surface area (Å²) in [5.74, 6) is 0. The lowest BCUT2D eigenvalue weighted by Crippen LogP contribution is -2.52. The Balaban J connectivity index is 1.78. The fraction of sp³-hybridized carbons (Fsp3) is 1.00. The lowest BCUT2D eigenvalue weighted by Gasteiger charge is -2.45. The first kappa shape index (κ1) is 21.1. The molecule has 2 saturated heterocycles. The van der Waals surface area contributed by atoms with Gasteiger partial charge in [-0.25, -0.2) is 0 Å². The molecule has 4 heteroatoms. The van der Waals surface area contributed by atoms with E-state index in [2.05, 4.69) is 75.4 Å². The summed E-state index contributed by atoms with van der Waals surface area (Å²) < 4.78 is 0. The van der Waals surface area contributed by atoms with Crippen LogP contribution in [0.15, 0.2) is 0 Å². The van der Waals surface area contributed by atoms with Crippen molar-refractivity contribution in [2.24, 2.45) is 0 Å². The Hall–Kier alpha value is -0.160. The molecule has 0 spiro atoms. The summed E-state index contributed by atoms with van der Waals surface area (Å²) in [7, 11) is 6.79. The van der Waals surface area contributed by atoms with Crippen molar-refractivity contribution < 1.29 is 0 Å². The smallest absolute Gasteiger partial charge is 0.0232 e. The minimum absolute atomic E-state index is 0.311. The maximum Gasteiger partial charge on any atom is 0.0232 e. The third-order valence-corrected chi connectivity index (χ3v) is 6.86. The number of hydrogen-bond acceptors (Lipinski definition) is 4. The maximum absolute atomic E-state index is 2.73. The standard InChI is InChI=1S/C21H44N4/c1-20(2,3)25-15-11-19(17-25)23(8)16-12-21(4,5)24-13-9-18(10-14-24)22(6)7/h18-19H,9-17H2,1-8H3. The Labute approximate surface area is 157 Å². The Kier molecular flexibility index (Phi) is 6.97. The van der Waals surface area contributed by atoms with Crippen LogP contribution < -0.4 is 0 Å². The molecular weight excluding hydrogens is 308 g/mol. The van der Waals surface area contributed by atoms with E-state index >= 15 is 0 Å². The number of rotatable bonds is 6. The van der Waals surface area contributed by atoms with Gasteiger partial charge in [0.1, 0.15) is 0 Å². The first-order valence-electron chi connectivity index (χ1n) is 10.4. The van der Waals surface area contributed by atoms with E-state index in [0.29, 0.717) is 11.1 Å². The number of likely N-dealkylation sites (N-methyl/N-ethyl adjacent to an activating group) is 1. The van der Waals surface area contributed by atoms with E-state index in [-0.39, 0.29) is 0 Å². The van der Waals surface area contributed by atoms with Crippen molar-refractivity contribution >= 4 is 0 Å². The van der Waals surface area contributed by atoms with E-state index < -0.39 is 0 Å². The van der Waals surface area contributed by atoms with Gasteiger partial charge in [0.15, 0.2) is 0 Å². The van der Waals surface area contributed by atoms with Crippen LogP contribution in [0.1, 0.15) is 60.3 Å². The topological polar surface area (TPSA) is 13.0 Å². The second-order valence-corrected chi connectivity index (χ2v) is 10.3. The molecule has 0 amide bonds. The second-order valence-electron chi connectivity index (χ2n) is 10.3. The van der Waals surface area contributed by atoms with Crippen LogP contribution in [0.5, 0.6) is 0 Å². The predicted octanol–water partition coefficient (Wildman–Crippen LogP) is 2.99. The zero-order valence-electron chi connectivity index (χ0n) is 18.3. The van der Waals surface area contributed by atoms with Crippen molar-refractivity contribution in [1.29, 1.82) is 0 Å². The summed E-state index contributed by atoms with van der Waals surface area (Å²) in [4.78, 5) is 10.4. The zero-order valence-corrected chi connectivity index (χ0v) is 18.3. The van der Waals surface area contributed by atoms with Crippen LogP contribution in [0, 0.1) is 0 Å². The number of hydrogen-bond donors (Lipinski definition) is 0. The second kappa shape index (κ2) is 8.24. The highest BCUT2D eigenvalue weighted by molar-refractivity contribution is 4.91. The molecular formula is C21H44N4. The van der Waals surface area contributed by atoms with Gasteiger partial charge in [-0.15, -0.1) is 0 Å². The molecule has 2 aliphatic heterocycles. The molecule has 0 saturated carbocycles. The summed E-state index contributed by atoms with van der Waals surface area (Å²) in [5.41, 5.74) is 0.625. The van der Waals surface area contributed by atoms with Crippen LogP contribution in [-0.4, -0.2) is 96.6 Å². The van der Waals surface area contributed by atoms with Crippen molar-refractivity contribution in [3.63, 3.8) is 0 Å². The third-order valence-electron chi connectivity index (χ3n) is 6.86. The van der Waals surface area contributed by atoms with E-state index in [9.17, 15) is 0 Å². The molecule has 4 nitrogen and oxygen atoms in total. The largest absolute Gasteiger partial charge is 0.306 e. The van der Waals surface area contributed by atoms with Crippen molar-refractivity contribution in [2.75, 3.05) is 53.9 Å². The van der Waals surface area contributed by atoms with Crippen LogP contribution in [0.4, 0.5) is 0 Å². The molecule has 2 rings (SSSR count). The van der Waals surface area contributed by atoms with Gasteiger partial charge in [-0.05, 0) is 88.0 Å². The lowest BCUT2D eigenvalue weighted by molar-refractivity contribution is 0.0479. The minimum atomic E-state index is 0.311. The van der Waals surface area contributed by atoms with Gasteiger partial charge in [-0.1, -0.05) is 0 Å². The third kappa shape index (κ3) is 5.66. The average Bonchev–Trinajstić information content (AvgIpc) is 3.03. The number of piperidine rings is 1. The van der Waals surface area contributed by atoms with Crippen LogP contribution in [0.3, 0.4) is 0 Å². The van der Waals surface area contributed by atoms with Gasteiger partial charge in [0.25, 0.3) is 0 Å². The molecule has 0 radical (unpaired) electrons. The van der Waals surface area contributed by atoms with Crippen molar-refractivity contribution in [1.82, 2.24) is 19.6 Å². The van der Waals surface area contributed by atoms with Crippen LogP contribution in [-0.2, 0) is 0 Å². The van der Waals surface area contributed by atoms with Gasteiger partial charge in [-0.3, -0.25) is 9.80 Å². The average molecular weight is 353 g/mol. The van der Waals surface area contributed by atoms with E-state index in [0.717, 1.165) is 12.1 Å². The molecule has 2 heterocycles. The minimum Gasteiger partial charge on any atom is -0.306 e. The number of nitrogens with zero attached hydrogens (tertiary/aromatic N) is 4. The van der Waals surface area contributed by atoms with Crippen LogP contribution in [0.25, 0.3) is 0 Å². The summed E-state index contributed by atoms with van der Waals surface area (Å²) in [6, 6.07) is 1.51. The van der Waals surface area contributed by atoms with Gasteiger partial charge in [0.2, 0.25) is 0 Å². The molecule has 1 unspecified atom stereocenters. The molecule has 0 aromatic rings. The molecule has 0 aliphatic carbocycles. The van der Waals surface area contributed by atoms with Crippen molar-refractivity contribution in [2.45, 2.75) is 83.5 Å². The normalized spacial score (nSPS) is 25.4. The van der Waals surface area contributed by atoms with Gasteiger partial charge in [-0.2, -0.15) is 0 Å². The monoisotopic (exact) mass is 352 g/mol. The fourth-order valence-electron chi connectivity index (χ4n) is 4.49. The van der Waals surface area contributed by atoms with Gasteiger partial charge in [0.05, 0.1) is 0 Å². The molecule has 1 atom stereocenters. The fourth-order valence-corrected chi connectivity index (χ4v) is 4.49. The summed E-state index contributed by atoms with van der Waals surface area (Å²) in [6.07, 6.45) is 5.22. The molecule has 0 N–H and O–H groups in total. The predicted molar refractivity (Wildman–Crippen MR) is 109 cm³/mol. The molecule has 0 bridgehead atoms. The zero-order chi connectivity index (χ0) is 18.8. The Morgan fingerprint density at radius 2 is 1.32 bits per heavy atom. The molecule has 148 valence electrons. The molecule has 2 fully saturated rings. The first-order chi connectivity index (χ1) is 11.5. The Bertz CT molecular complexity index is 405. The van der Waals surface area contributed by atoms with Crippen LogP contribution in [0.2, 0.25) is 0 Å². The highest BCUT2D eigenvalue weighted by atomic mass is 15.3. The quantitative estimate of drug-likeness (QED) is 0.728. The summed E-state index contributed by atoms with van der Waals surface area (Å²) in [5, 5.41) is 0. The summed E-state index contributed by atoms with van der Waals surface area (Å²) in [6.45, 7) is 18.1. The Morgan fingerprint density at radius 3 is 1.80 bits per heavy atom. The van der Waals surface area contributed by atoms with Crippen molar-refractivity contribution in [3.8, 4) is 0 Å². The maximum atomic E-state index is 2.73. The molecule has 0 aromatic carbocycles. The Morgan fingerprint density at radius 1 is 0.800 bits per heavy atom. The molecule has 0 aromatic heterocycles. The van der Waals surface area contributed by atoms with Gasteiger partial charge < -0.3 is 9.80 Å². The van der Waals surface area contributed by atoms with E-state index in [1.807, 2.05) is 0 Å². The molecule has 2 aliphatic rings. The highest BCUT2D eigenvalue weighted by Gasteiger charge is 2.34. The van der Waals surface area contributed by atoms with E-state index in [4.69, 9.17) is 0 Å². The van der Waals surface area contributed by atoms with Crippen LogP contribution >= 0.6 is 0 Å². The summed E-state index contributed by atoms with van der Waals surface area (Å²) >= 11 is 0. The highest BCUT2D eigenvalue weighted by Crippen LogP contribution is 2.27. The van der Waals surface area contributed by atoms with E-state index in [1.165, 1.54) is 58.4 Å². The lowest BCUT2D eigenvalue weighted by atomic mass is 9.92. The van der Waals surface area contributed by atoms with Gasteiger partial charge in [0, 0.05) is 49.3 Å². The SMILES string of the molecule is CN(C)C1CCN(C(C)(C)CCN(C)C2CCN(C(C)(C)C)C2)CC1. The first-order valence-corrected chi connectivity index (χ1v) is 10.4.